The monoisotopic (exact) mass is 268 g/mol. The van der Waals surface area contributed by atoms with Crippen molar-refractivity contribution in [2.45, 2.75) is 31.7 Å². The molecule has 96 valence electrons. The van der Waals surface area contributed by atoms with Gasteiger partial charge in [-0.25, -0.2) is 9.37 Å². The average Bonchev–Trinajstić information content (AvgIpc) is 2.94. The number of nitrogens with zero attached hydrogens (tertiary/aromatic N) is 1. The van der Waals surface area contributed by atoms with E-state index in [1.165, 1.54) is 12.1 Å². The van der Waals surface area contributed by atoms with E-state index in [1.807, 2.05) is 0 Å². The second-order valence-electron chi connectivity index (χ2n) is 4.72. The second-order valence-corrected chi connectivity index (χ2v) is 5.13. The molecule has 18 heavy (non-hydrogen) atoms. The first-order valence-corrected chi connectivity index (χ1v) is 6.53. The number of oxazole rings is 1. The van der Waals surface area contributed by atoms with Crippen molar-refractivity contribution in [3.63, 3.8) is 0 Å². The third-order valence-electron chi connectivity index (χ3n) is 3.67. The van der Waals surface area contributed by atoms with Gasteiger partial charge in [-0.2, -0.15) is 0 Å². The summed E-state index contributed by atoms with van der Waals surface area (Å²) in [6.07, 6.45) is 2.96. The molecule has 0 radical (unpaired) electrons. The molecule has 5 heteroatoms. The Morgan fingerprint density at radius 2 is 2.39 bits per heavy atom. The lowest BCUT2D eigenvalue weighted by molar-refractivity contribution is 0.292. The summed E-state index contributed by atoms with van der Waals surface area (Å²) in [6, 6.07) is 2.60. The highest BCUT2D eigenvalue weighted by atomic mass is 35.5. The maximum absolute atomic E-state index is 13.3. The molecule has 1 aliphatic heterocycles. The van der Waals surface area contributed by atoms with Gasteiger partial charge in [0.1, 0.15) is 11.3 Å². The van der Waals surface area contributed by atoms with Crippen molar-refractivity contribution < 1.29 is 8.81 Å². The number of hydrogen-bond acceptors (Lipinski definition) is 3. The largest absolute Gasteiger partial charge is 0.437 e. The number of halogens is 2. The van der Waals surface area contributed by atoms with Crippen LogP contribution >= 0.6 is 11.6 Å². The number of hydrogen-bond donors (Lipinski definition) is 1. The lowest BCUT2D eigenvalue weighted by atomic mass is 9.94. The average molecular weight is 269 g/mol. The van der Waals surface area contributed by atoms with Crippen LogP contribution in [0.2, 0.25) is 5.02 Å². The zero-order valence-electron chi connectivity index (χ0n) is 10.1. The van der Waals surface area contributed by atoms with Crippen LogP contribution in [0.3, 0.4) is 0 Å². The number of aromatic nitrogens is 1. The van der Waals surface area contributed by atoms with Gasteiger partial charge in [0.05, 0.1) is 10.6 Å². The van der Waals surface area contributed by atoms with E-state index >= 15 is 0 Å². The Bertz CT molecular complexity index is 590. The maximum Gasteiger partial charge on any atom is 0.215 e. The molecule has 3 nitrogen and oxygen atoms in total. The van der Waals surface area contributed by atoms with Gasteiger partial charge in [0.15, 0.2) is 5.58 Å². The molecular formula is C13H14ClFN2O. The minimum absolute atomic E-state index is 0.223. The van der Waals surface area contributed by atoms with E-state index < -0.39 is 5.82 Å². The topological polar surface area (TPSA) is 38.1 Å². The summed E-state index contributed by atoms with van der Waals surface area (Å²) in [5.41, 5.74) is 0.727. The summed E-state index contributed by atoms with van der Waals surface area (Å²) >= 11 is 5.98. The summed E-state index contributed by atoms with van der Waals surface area (Å²) in [5, 5.41) is 3.71. The third kappa shape index (κ3) is 1.71. The van der Waals surface area contributed by atoms with Gasteiger partial charge in [-0.3, -0.25) is 0 Å². The predicted molar refractivity (Wildman–Crippen MR) is 68.2 cm³/mol. The molecule has 1 aromatic heterocycles. The van der Waals surface area contributed by atoms with E-state index in [1.54, 1.807) is 0 Å². The van der Waals surface area contributed by atoms with Crippen molar-refractivity contribution in [1.29, 1.82) is 0 Å². The van der Waals surface area contributed by atoms with Gasteiger partial charge in [-0.05, 0) is 31.9 Å². The number of nitrogens with one attached hydrogen (secondary N) is 1. The molecule has 3 rings (SSSR count). The van der Waals surface area contributed by atoms with Crippen LogP contribution < -0.4 is 5.32 Å². The number of benzene rings is 1. The highest BCUT2D eigenvalue weighted by Gasteiger charge is 2.38. The van der Waals surface area contributed by atoms with Crippen molar-refractivity contribution in [2.75, 3.05) is 6.54 Å². The molecule has 1 fully saturated rings. The molecule has 1 atom stereocenters. The first-order chi connectivity index (χ1) is 8.64. The summed E-state index contributed by atoms with van der Waals surface area (Å²) < 4.78 is 19.0. The van der Waals surface area contributed by atoms with Crippen LogP contribution in [0.1, 0.15) is 32.1 Å². The van der Waals surface area contributed by atoms with Crippen LogP contribution in [0.25, 0.3) is 11.1 Å². The van der Waals surface area contributed by atoms with E-state index in [0.717, 1.165) is 25.8 Å². The Balaban J connectivity index is 2.16. The number of fused-ring (bicyclic) bond motifs is 1. The molecule has 0 amide bonds. The van der Waals surface area contributed by atoms with Crippen LogP contribution in [0, 0.1) is 5.82 Å². The van der Waals surface area contributed by atoms with E-state index in [-0.39, 0.29) is 10.6 Å². The molecule has 0 saturated carbocycles. The summed E-state index contributed by atoms with van der Waals surface area (Å²) in [6.45, 7) is 3.05. The van der Waals surface area contributed by atoms with Gasteiger partial charge < -0.3 is 9.73 Å². The summed E-state index contributed by atoms with van der Waals surface area (Å²) in [7, 11) is 0. The van der Waals surface area contributed by atoms with Gasteiger partial charge in [-0.15, -0.1) is 0 Å². The Morgan fingerprint density at radius 3 is 3.06 bits per heavy atom. The molecule has 1 saturated heterocycles. The third-order valence-corrected chi connectivity index (χ3v) is 3.95. The Morgan fingerprint density at radius 1 is 1.56 bits per heavy atom. The molecule has 1 N–H and O–H groups in total. The van der Waals surface area contributed by atoms with Crippen molar-refractivity contribution in [3.05, 3.63) is 28.9 Å². The van der Waals surface area contributed by atoms with Gasteiger partial charge in [-0.1, -0.05) is 18.5 Å². The minimum atomic E-state index is -0.391. The minimum Gasteiger partial charge on any atom is -0.437 e. The molecular weight excluding hydrogens is 255 g/mol. The Labute approximate surface area is 109 Å². The summed E-state index contributed by atoms with van der Waals surface area (Å²) in [4.78, 5) is 4.41. The molecule has 2 aromatic rings. The fourth-order valence-corrected chi connectivity index (χ4v) is 2.85. The fraction of sp³-hybridized carbons (Fsp3) is 0.462. The van der Waals surface area contributed by atoms with Gasteiger partial charge in [0.25, 0.3) is 0 Å². The molecule has 1 aromatic carbocycles. The normalized spacial score (nSPS) is 23.9. The summed E-state index contributed by atoms with van der Waals surface area (Å²) in [5.74, 6) is 0.224. The molecule has 0 spiro atoms. The van der Waals surface area contributed by atoms with Crippen LogP contribution in [0.5, 0.6) is 0 Å². The standard InChI is InChI=1S/C13H14ClFN2O/c1-2-13(4-3-5-16-13)12-17-10-7-8(15)6-9(14)11(10)18-12/h6-7,16H,2-5H2,1H3. The smallest absolute Gasteiger partial charge is 0.215 e. The quantitative estimate of drug-likeness (QED) is 0.904. The molecule has 1 unspecified atom stereocenters. The van der Waals surface area contributed by atoms with E-state index in [0.29, 0.717) is 17.0 Å². The molecule has 0 aliphatic carbocycles. The van der Waals surface area contributed by atoms with Gasteiger partial charge in [0.2, 0.25) is 5.89 Å². The highest BCUT2D eigenvalue weighted by Crippen LogP contribution is 2.36. The maximum atomic E-state index is 13.3. The SMILES string of the molecule is CCC1(c2nc3cc(F)cc(Cl)c3o2)CCCN1. The zero-order chi connectivity index (χ0) is 12.8. The first kappa shape index (κ1) is 11.9. The van der Waals surface area contributed by atoms with Crippen LogP contribution in [0.4, 0.5) is 4.39 Å². The zero-order valence-corrected chi connectivity index (χ0v) is 10.9. The van der Waals surface area contributed by atoms with Gasteiger partial charge in [0, 0.05) is 6.07 Å². The lowest BCUT2D eigenvalue weighted by Crippen LogP contribution is -2.36. The second kappa shape index (κ2) is 4.21. The van der Waals surface area contributed by atoms with Crippen LogP contribution in [-0.2, 0) is 5.54 Å². The van der Waals surface area contributed by atoms with E-state index in [2.05, 4.69) is 17.2 Å². The highest BCUT2D eigenvalue weighted by molar-refractivity contribution is 6.34. The van der Waals surface area contributed by atoms with Crippen LogP contribution in [0.15, 0.2) is 16.5 Å². The molecule has 0 bridgehead atoms. The lowest BCUT2D eigenvalue weighted by Gasteiger charge is -2.23. The number of rotatable bonds is 2. The van der Waals surface area contributed by atoms with Crippen molar-refractivity contribution in [1.82, 2.24) is 10.3 Å². The van der Waals surface area contributed by atoms with Crippen molar-refractivity contribution in [3.8, 4) is 0 Å². The first-order valence-electron chi connectivity index (χ1n) is 6.16. The van der Waals surface area contributed by atoms with Crippen molar-refractivity contribution in [2.24, 2.45) is 0 Å². The van der Waals surface area contributed by atoms with Crippen LogP contribution in [-0.4, -0.2) is 11.5 Å². The Hall–Kier alpha value is -1.13. The molecule has 1 aliphatic rings. The fourth-order valence-electron chi connectivity index (χ4n) is 2.61. The molecule has 2 heterocycles. The van der Waals surface area contributed by atoms with Crippen molar-refractivity contribution >= 4 is 22.7 Å². The van der Waals surface area contributed by atoms with E-state index in [4.69, 9.17) is 16.0 Å². The van der Waals surface area contributed by atoms with E-state index in [9.17, 15) is 4.39 Å². The predicted octanol–water partition coefficient (Wildman–Crippen LogP) is 3.61. The van der Waals surface area contributed by atoms with Gasteiger partial charge >= 0.3 is 0 Å². The Kier molecular flexibility index (Phi) is 2.79.